The molecule has 1 aromatic carbocycles. The summed E-state index contributed by atoms with van der Waals surface area (Å²) < 4.78 is 5.69. The van der Waals surface area contributed by atoms with Gasteiger partial charge in [0, 0.05) is 39.3 Å². The van der Waals surface area contributed by atoms with Crippen molar-refractivity contribution in [3.63, 3.8) is 0 Å². The van der Waals surface area contributed by atoms with Gasteiger partial charge in [0.15, 0.2) is 5.96 Å². The van der Waals surface area contributed by atoms with Crippen LogP contribution in [0.2, 0.25) is 0 Å². The summed E-state index contributed by atoms with van der Waals surface area (Å²) in [5.41, 5.74) is 12.1. The van der Waals surface area contributed by atoms with Crippen molar-refractivity contribution in [1.82, 2.24) is 36.8 Å². The Kier molecular flexibility index (Phi) is 27.3. The van der Waals surface area contributed by atoms with Gasteiger partial charge in [-0.3, -0.25) is 43.3 Å². The van der Waals surface area contributed by atoms with E-state index >= 15 is 0 Å². The van der Waals surface area contributed by atoms with Crippen LogP contribution in [0.5, 0.6) is 0 Å². The number of likely N-dealkylation sites (N-methyl/N-ethyl adjacent to an activating group) is 1. The maximum absolute atomic E-state index is 14.5. The van der Waals surface area contributed by atoms with E-state index in [0.29, 0.717) is 18.4 Å². The van der Waals surface area contributed by atoms with Gasteiger partial charge < -0.3 is 63.2 Å². The number of unbranched alkanes of at least 4 members (excludes halogenated alkanes) is 1. The quantitative estimate of drug-likeness (QED) is 0.0251. The summed E-state index contributed by atoms with van der Waals surface area (Å²) >= 11 is 0. The summed E-state index contributed by atoms with van der Waals surface area (Å²) in [5, 5.41) is 36.1. The molecular weight excluding hydrogens is 997 g/mol. The van der Waals surface area contributed by atoms with Gasteiger partial charge in [0.1, 0.15) is 42.0 Å². The fourth-order valence-electron chi connectivity index (χ4n) is 8.26. The average Bonchev–Trinajstić information content (AvgIpc) is 3.34. The van der Waals surface area contributed by atoms with Gasteiger partial charge in [0.05, 0.1) is 17.9 Å². The molecule has 0 spiro atoms. The van der Waals surface area contributed by atoms with Gasteiger partial charge in [0.25, 0.3) is 5.91 Å². The molecule has 0 bridgehead atoms. The zero-order valence-electron chi connectivity index (χ0n) is 46.1. The minimum Gasteiger partial charge on any atom is -0.480 e. The number of nitrogens with zero attached hydrogens (tertiary/aromatic N) is 2. The lowest BCUT2D eigenvalue weighted by atomic mass is 9.94. The van der Waals surface area contributed by atoms with Gasteiger partial charge in [-0.15, -0.1) is 0 Å². The Morgan fingerprint density at radius 1 is 0.766 bits per heavy atom. The molecule has 1 aliphatic heterocycles. The van der Waals surface area contributed by atoms with Crippen LogP contribution in [0.1, 0.15) is 113 Å². The second-order valence-corrected chi connectivity index (χ2v) is 20.5. The second kappa shape index (κ2) is 32.1. The summed E-state index contributed by atoms with van der Waals surface area (Å²) in [6.07, 6.45) is 4.34. The van der Waals surface area contributed by atoms with Crippen molar-refractivity contribution < 1.29 is 62.9 Å². The van der Waals surface area contributed by atoms with Gasteiger partial charge in [-0.25, -0.2) is 9.59 Å². The van der Waals surface area contributed by atoms with Crippen molar-refractivity contribution in [3.8, 4) is 0 Å². The molecule has 0 aromatic heterocycles. The van der Waals surface area contributed by atoms with Crippen molar-refractivity contribution in [3.05, 3.63) is 72.0 Å². The van der Waals surface area contributed by atoms with Crippen LogP contribution >= 0.6 is 0 Å². The summed E-state index contributed by atoms with van der Waals surface area (Å²) in [6.45, 7) is 18.5. The molecule has 0 radical (unpaired) electrons. The molecule has 77 heavy (non-hydrogen) atoms. The monoisotopic (exact) mass is 1080 g/mol. The van der Waals surface area contributed by atoms with E-state index in [1.165, 1.54) is 33.9 Å². The highest BCUT2D eigenvalue weighted by atomic mass is 16.5. The summed E-state index contributed by atoms with van der Waals surface area (Å²) in [6, 6.07) is 0.558. The van der Waals surface area contributed by atoms with E-state index in [4.69, 9.17) is 16.2 Å². The molecule has 1 heterocycles. The number of aliphatic imine (C=N–C) groups is 1. The minimum absolute atomic E-state index is 0.000980. The number of carbonyl (C=O) groups is 10. The highest BCUT2D eigenvalue weighted by Gasteiger charge is 2.38. The smallest absolute Gasteiger partial charge is 0.327 e. The molecular formula is C54H82N10O13. The van der Waals surface area contributed by atoms with E-state index < -0.39 is 132 Å². The number of allylic oxidation sites excluding steroid dienone is 2. The van der Waals surface area contributed by atoms with Crippen molar-refractivity contribution >= 4 is 65.2 Å². The molecule has 1 aliphatic rings. The van der Waals surface area contributed by atoms with Gasteiger partial charge in [-0.1, -0.05) is 109 Å². The Balaban J connectivity index is 2.81. The van der Waals surface area contributed by atoms with Crippen LogP contribution in [-0.2, 0) is 59.1 Å². The molecule has 2 rings (SSSR count). The van der Waals surface area contributed by atoms with Crippen LogP contribution < -0.4 is 43.4 Å². The standard InChI is InChI=1S/C54H82N10O13/c1-29(2)25-41-50(71)62-42(26-30(3)4)51(72)63-45(53(75)76)34(8)47(68)59-39(19-15-16-24-57-54(55)56)49(70)58-38(21-20-31(5)27-32(6)43(77-36(10)65)28-37-17-13-12-14-18-37)33(7)46(67)60-40(52(73)74)22-23-44(66)64(11)35(9)48(69)61-41/h12-14,17-18,20-21,27,29-30,32-34,38-43,45H,9,15-16,19,22-26,28H2,1-8,10-11H3,(H,58,70)(H,59,68)(H,60,67)(H,61,69)(H,62,71)(H,63,72)(H,73,74)(H,75,76)(H4,55,56,57)/b21-20+,31-27+/t32-,33-,34-,38-,39-,40+,41+,42-,43-,45+/m0/s1. The van der Waals surface area contributed by atoms with Crippen LogP contribution in [0.15, 0.2) is 71.4 Å². The maximum Gasteiger partial charge on any atom is 0.327 e. The van der Waals surface area contributed by atoms with E-state index in [-0.39, 0.29) is 55.9 Å². The predicted molar refractivity (Wildman–Crippen MR) is 288 cm³/mol. The maximum atomic E-state index is 14.5. The zero-order chi connectivity index (χ0) is 58.3. The van der Waals surface area contributed by atoms with E-state index in [9.17, 15) is 58.2 Å². The number of hydrogen-bond acceptors (Lipinski definition) is 12. The lowest BCUT2D eigenvalue weighted by Gasteiger charge is -2.29. The van der Waals surface area contributed by atoms with Gasteiger partial charge >= 0.3 is 17.9 Å². The largest absolute Gasteiger partial charge is 0.480 e. The number of hydrogen-bond donors (Lipinski definition) is 10. The number of benzene rings is 1. The molecule has 23 nitrogen and oxygen atoms in total. The Morgan fingerprint density at radius 3 is 1.88 bits per heavy atom. The molecule has 23 heteroatoms. The van der Waals surface area contributed by atoms with Gasteiger partial charge in [0.2, 0.25) is 35.4 Å². The molecule has 10 atom stereocenters. The first-order chi connectivity index (χ1) is 36.0. The predicted octanol–water partition coefficient (Wildman–Crippen LogP) is 1.95. The lowest BCUT2D eigenvalue weighted by molar-refractivity contribution is -0.148. The zero-order valence-corrected chi connectivity index (χ0v) is 46.1. The fraction of sp³-hybridized carbons (Fsp3) is 0.574. The number of carbonyl (C=O) groups excluding carboxylic acids is 8. The van der Waals surface area contributed by atoms with E-state index in [1.807, 2.05) is 43.3 Å². The van der Waals surface area contributed by atoms with Crippen LogP contribution in [0.4, 0.5) is 0 Å². The Morgan fingerprint density at radius 2 is 1.32 bits per heavy atom. The van der Waals surface area contributed by atoms with Crippen LogP contribution in [0.25, 0.3) is 0 Å². The number of carboxylic acids is 2. The molecule has 0 unspecified atom stereocenters. The van der Waals surface area contributed by atoms with Crippen molar-refractivity contribution in [1.29, 1.82) is 0 Å². The SMILES string of the molecule is C=C1C(=O)N[C@H](CC(C)C)C(=O)N[C@@H](CC(C)C)C(=O)N[C@@H](C(=O)O)[C@H](C)C(=O)N[C@@H](CCCCN=C(N)N)C(=O)N[C@@H](/C=C/C(C)=C/[C@H](C)[C@H](Cc2ccccc2)OC(C)=O)[C@H](C)C(=O)N[C@@H](C(=O)O)CCC(=O)N1C. The van der Waals surface area contributed by atoms with Crippen molar-refractivity contribution in [2.75, 3.05) is 13.6 Å². The third-order valence-electron chi connectivity index (χ3n) is 12.8. The first-order valence-electron chi connectivity index (χ1n) is 25.9. The summed E-state index contributed by atoms with van der Waals surface area (Å²) in [7, 11) is 1.22. The van der Waals surface area contributed by atoms with Gasteiger partial charge in [-0.2, -0.15) is 0 Å². The highest BCUT2D eigenvalue weighted by molar-refractivity contribution is 6.00. The molecule has 12 N–H and O–H groups in total. The highest BCUT2D eigenvalue weighted by Crippen LogP contribution is 2.20. The molecule has 1 fully saturated rings. The first-order valence-corrected chi connectivity index (χ1v) is 25.9. The average molecular weight is 1080 g/mol. The number of nitrogens with two attached hydrogens (primary N) is 2. The number of rotatable bonds is 18. The lowest BCUT2D eigenvalue weighted by Crippen LogP contribution is -2.59. The van der Waals surface area contributed by atoms with Gasteiger partial charge in [-0.05, 0) is 62.8 Å². The van der Waals surface area contributed by atoms with Crippen molar-refractivity contribution in [2.45, 2.75) is 156 Å². The topological polar surface area (TPSA) is 360 Å². The number of nitrogens with one attached hydrogen (secondary N) is 6. The Hall–Kier alpha value is -7.59. The van der Waals surface area contributed by atoms with E-state index in [1.54, 1.807) is 40.7 Å². The molecule has 1 saturated heterocycles. The van der Waals surface area contributed by atoms with E-state index in [2.05, 4.69) is 43.5 Å². The minimum atomic E-state index is -1.90. The number of amides is 7. The number of carboxylic acid groups (broad SMARTS) is 2. The Labute approximate surface area is 451 Å². The number of ether oxygens (including phenoxy) is 1. The number of esters is 1. The van der Waals surface area contributed by atoms with Crippen LogP contribution in [0, 0.1) is 29.6 Å². The van der Waals surface area contributed by atoms with Crippen LogP contribution in [-0.4, -0.2) is 136 Å². The first kappa shape index (κ1) is 65.5. The van der Waals surface area contributed by atoms with Crippen LogP contribution in [0.3, 0.4) is 0 Å². The molecule has 7 amide bonds. The third kappa shape index (κ3) is 23.0. The van der Waals surface area contributed by atoms with Crippen molar-refractivity contribution in [2.24, 2.45) is 46.0 Å². The molecule has 0 aliphatic carbocycles. The normalized spacial score (nSPS) is 24.3. The molecule has 1 aromatic rings. The van der Waals surface area contributed by atoms with E-state index in [0.717, 1.165) is 10.5 Å². The fourth-order valence-corrected chi connectivity index (χ4v) is 8.26. The second-order valence-electron chi connectivity index (χ2n) is 20.5. The third-order valence-corrected chi connectivity index (χ3v) is 12.8. The molecule has 426 valence electrons. The Bertz CT molecular complexity index is 2350. The summed E-state index contributed by atoms with van der Waals surface area (Å²) in [5.74, 6) is -13.5. The summed E-state index contributed by atoms with van der Waals surface area (Å²) in [4.78, 5) is 140. The molecule has 0 saturated carbocycles. The number of guanidine groups is 1. The number of aliphatic carboxylic acids is 2.